The Balaban J connectivity index is 2.28. The Labute approximate surface area is 122 Å². The lowest BCUT2D eigenvalue weighted by molar-refractivity contribution is -0.393. The predicted molar refractivity (Wildman–Crippen MR) is 77.4 cm³/mol. The van der Waals surface area contributed by atoms with Crippen LogP contribution in [0.25, 0.3) is 0 Å². The van der Waals surface area contributed by atoms with Crippen molar-refractivity contribution in [2.75, 3.05) is 10.6 Å². The molecule has 1 aliphatic rings. The van der Waals surface area contributed by atoms with E-state index in [2.05, 4.69) is 10.6 Å². The molecule has 2 aromatic carbocycles. The number of amides is 1. The third-order valence-corrected chi connectivity index (χ3v) is 3.19. The summed E-state index contributed by atoms with van der Waals surface area (Å²) in [5.74, 6) is -0.653. The molecule has 0 saturated heterocycles. The van der Waals surface area contributed by atoms with Crippen LogP contribution in [0, 0.1) is 20.2 Å². The lowest BCUT2D eigenvalue weighted by atomic mass is 10.1. The van der Waals surface area contributed by atoms with Gasteiger partial charge in [0.05, 0.1) is 32.9 Å². The van der Waals surface area contributed by atoms with Crippen molar-refractivity contribution in [2.24, 2.45) is 0 Å². The molecule has 1 aliphatic heterocycles. The molecular formula is C13H8N4O5. The van der Waals surface area contributed by atoms with Gasteiger partial charge in [-0.15, -0.1) is 0 Å². The van der Waals surface area contributed by atoms with E-state index in [4.69, 9.17) is 0 Å². The Morgan fingerprint density at radius 1 is 0.909 bits per heavy atom. The zero-order valence-corrected chi connectivity index (χ0v) is 10.9. The lowest BCUT2D eigenvalue weighted by Gasteiger charge is -2.08. The number of para-hydroxylation sites is 2. The van der Waals surface area contributed by atoms with E-state index < -0.39 is 27.1 Å². The van der Waals surface area contributed by atoms with Gasteiger partial charge in [0, 0.05) is 6.07 Å². The molecule has 9 heteroatoms. The second-order valence-corrected chi connectivity index (χ2v) is 4.53. The van der Waals surface area contributed by atoms with Gasteiger partial charge in [0.15, 0.2) is 0 Å². The van der Waals surface area contributed by atoms with Crippen molar-refractivity contribution in [1.29, 1.82) is 0 Å². The summed E-state index contributed by atoms with van der Waals surface area (Å²) in [6, 6.07) is 8.47. The zero-order chi connectivity index (χ0) is 15.9. The van der Waals surface area contributed by atoms with Crippen LogP contribution in [0.5, 0.6) is 0 Å². The number of anilines is 3. The van der Waals surface area contributed by atoms with E-state index in [1.54, 1.807) is 24.3 Å². The highest BCUT2D eigenvalue weighted by atomic mass is 16.6. The second-order valence-electron chi connectivity index (χ2n) is 4.53. The van der Waals surface area contributed by atoms with Crippen molar-refractivity contribution in [3.63, 3.8) is 0 Å². The number of nitrogens with zero attached hydrogens (tertiary/aromatic N) is 2. The fourth-order valence-corrected chi connectivity index (χ4v) is 2.20. The topological polar surface area (TPSA) is 127 Å². The van der Waals surface area contributed by atoms with Crippen molar-refractivity contribution in [2.45, 2.75) is 0 Å². The molecule has 0 fully saturated rings. The molecule has 0 saturated carbocycles. The standard InChI is InChI=1S/C13H8N4O5/c18-13-8-5-7(16(19)20)6-11(17(21)22)12(8)14-9-3-1-2-4-10(9)15-13/h1-6,14H,(H,15,18). The first-order valence-corrected chi connectivity index (χ1v) is 6.11. The minimum atomic E-state index is -0.779. The van der Waals surface area contributed by atoms with Crippen molar-refractivity contribution >= 4 is 34.3 Å². The SMILES string of the molecule is O=C1Nc2ccccc2Nc2c1cc([N+](=O)[O-])cc2[N+](=O)[O-]. The predicted octanol–water partition coefficient (Wildman–Crippen LogP) is 2.81. The number of nitro groups is 2. The van der Waals surface area contributed by atoms with Crippen LogP contribution in [0.1, 0.15) is 10.4 Å². The van der Waals surface area contributed by atoms with E-state index in [-0.39, 0.29) is 11.3 Å². The molecule has 0 unspecified atom stereocenters. The Hall–Kier alpha value is -3.49. The molecule has 3 rings (SSSR count). The molecule has 0 aliphatic carbocycles. The highest BCUT2D eigenvalue weighted by Crippen LogP contribution is 2.39. The van der Waals surface area contributed by atoms with E-state index in [1.807, 2.05) is 0 Å². The molecular weight excluding hydrogens is 292 g/mol. The summed E-state index contributed by atoms with van der Waals surface area (Å²) >= 11 is 0. The number of fused-ring (bicyclic) bond motifs is 2. The van der Waals surface area contributed by atoms with E-state index in [0.717, 1.165) is 12.1 Å². The Morgan fingerprint density at radius 3 is 2.14 bits per heavy atom. The number of carbonyl (C=O) groups excluding carboxylic acids is 1. The van der Waals surface area contributed by atoms with Gasteiger partial charge in [-0.3, -0.25) is 25.0 Å². The molecule has 2 N–H and O–H groups in total. The maximum atomic E-state index is 12.2. The third kappa shape index (κ3) is 2.10. The lowest BCUT2D eigenvalue weighted by Crippen LogP contribution is -2.12. The van der Waals surface area contributed by atoms with Crippen LogP contribution in [0.3, 0.4) is 0 Å². The quantitative estimate of drug-likeness (QED) is 0.648. The number of hydrogen-bond donors (Lipinski definition) is 2. The molecule has 0 aromatic heterocycles. The summed E-state index contributed by atoms with van der Waals surface area (Å²) in [5, 5.41) is 27.5. The monoisotopic (exact) mass is 300 g/mol. The number of benzene rings is 2. The molecule has 2 aromatic rings. The Morgan fingerprint density at radius 2 is 1.55 bits per heavy atom. The highest BCUT2D eigenvalue weighted by molar-refractivity contribution is 6.13. The van der Waals surface area contributed by atoms with E-state index in [0.29, 0.717) is 11.4 Å². The van der Waals surface area contributed by atoms with Gasteiger partial charge in [0.2, 0.25) is 0 Å². The van der Waals surface area contributed by atoms with Crippen LogP contribution < -0.4 is 10.6 Å². The molecule has 0 spiro atoms. The minimum absolute atomic E-state index is 0.0712. The number of non-ortho nitro benzene ring substituents is 1. The van der Waals surface area contributed by atoms with Crippen molar-refractivity contribution in [3.8, 4) is 0 Å². The van der Waals surface area contributed by atoms with Gasteiger partial charge in [-0.2, -0.15) is 0 Å². The molecule has 0 radical (unpaired) electrons. The highest BCUT2D eigenvalue weighted by Gasteiger charge is 2.30. The Kier molecular flexibility index (Phi) is 2.95. The van der Waals surface area contributed by atoms with Gasteiger partial charge in [-0.1, -0.05) is 12.1 Å². The molecule has 110 valence electrons. The molecule has 22 heavy (non-hydrogen) atoms. The third-order valence-electron chi connectivity index (χ3n) is 3.19. The van der Waals surface area contributed by atoms with Crippen molar-refractivity contribution in [3.05, 3.63) is 62.2 Å². The Bertz CT molecular complexity index is 833. The fourth-order valence-electron chi connectivity index (χ4n) is 2.20. The number of hydrogen-bond acceptors (Lipinski definition) is 6. The summed E-state index contributed by atoms with van der Waals surface area (Å²) in [4.78, 5) is 32.8. The first-order chi connectivity index (χ1) is 10.5. The number of nitrogens with one attached hydrogen (secondary N) is 2. The van der Waals surface area contributed by atoms with Gasteiger partial charge in [-0.25, -0.2) is 0 Å². The summed E-state index contributed by atoms with van der Waals surface area (Å²) in [6.45, 7) is 0. The van der Waals surface area contributed by atoms with Crippen LogP contribution in [0.2, 0.25) is 0 Å². The largest absolute Gasteiger partial charge is 0.348 e. The smallest absolute Gasteiger partial charge is 0.300 e. The average Bonchev–Trinajstić information content (AvgIpc) is 2.62. The van der Waals surface area contributed by atoms with Crippen LogP contribution in [0.15, 0.2) is 36.4 Å². The molecule has 1 amide bonds. The normalized spacial score (nSPS) is 12.3. The van der Waals surface area contributed by atoms with Gasteiger partial charge in [0.1, 0.15) is 5.69 Å². The summed E-state index contributed by atoms with van der Waals surface area (Å²) in [7, 11) is 0. The second kappa shape index (κ2) is 4.81. The van der Waals surface area contributed by atoms with Gasteiger partial charge >= 0.3 is 0 Å². The minimum Gasteiger partial charge on any atom is -0.348 e. The maximum Gasteiger partial charge on any atom is 0.300 e. The molecule has 0 atom stereocenters. The number of carbonyl (C=O) groups is 1. The maximum absolute atomic E-state index is 12.2. The van der Waals surface area contributed by atoms with Crippen LogP contribution in [0.4, 0.5) is 28.4 Å². The van der Waals surface area contributed by atoms with Gasteiger partial charge in [0.25, 0.3) is 17.3 Å². The molecule has 9 nitrogen and oxygen atoms in total. The van der Waals surface area contributed by atoms with Gasteiger partial charge < -0.3 is 10.6 Å². The van der Waals surface area contributed by atoms with Crippen LogP contribution >= 0.6 is 0 Å². The number of nitro benzene ring substituents is 2. The zero-order valence-electron chi connectivity index (χ0n) is 10.9. The van der Waals surface area contributed by atoms with Crippen LogP contribution in [-0.2, 0) is 0 Å². The molecule has 1 heterocycles. The average molecular weight is 300 g/mol. The van der Waals surface area contributed by atoms with Gasteiger partial charge in [-0.05, 0) is 12.1 Å². The summed E-state index contributed by atoms with van der Waals surface area (Å²) in [5.41, 5.74) is -0.383. The molecule has 0 bridgehead atoms. The van der Waals surface area contributed by atoms with E-state index in [1.165, 1.54) is 0 Å². The first kappa shape index (κ1) is 13.5. The van der Waals surface area contributed by atoms with Crippen LogP contribution in [-0.4, -0.2) is 15.8 Å². The van der Waals surface area contributed by atoms with Crippen molar-refractivity contribution in [1.82, 2.24) is 0 Å². The van der Waals surface area contributed by atoms with E-state index in [9.17, 15) is 25.0 Å². The summed E-state index contributed by atoms with van der Waals surface area (Å²) in [6.07, 6.45) is 0. The van der Waals surface area contributed by atoms with E-state index >= 15 is 0 Å². The summed E-state index contributed by atoms with van der Waals surface area (Å²) < 4.78 is 0. The van der Waals surface area contributed by atoms with Crippen molar-refractivity contribution < 1.29 is 14.6 Å². The first-order valence-electron chi connectivity index (χ1n) is 6.11. The fraction of sp³-hybridized carbons (Fsp3) is 0. The number of rotatable bonds is 2.